The van der Waals surface area contributed by atoms with Gasteiger partial charge < -0.3 is 9.47 Å². The maximum atomic E-state index is 13.2. The van der Waals surface area contributed by atoms with Crippen molar-refractivity contribution in [2.24, 2.45) is 0 Å². The van der Waals surface area contributed by atoms with Crippen LogP contribution >= 0.6 is 35.6 Å². The number of hydrogen-bond donors (Lipinski definition) is 0. The van der Waals surface area contributed by atoms with E-state index in [0.29, 0.717) is 25.7 Å². The van der Waals surface area contributed by atoms with E-state index in [2.05, 4.69) is 0 Å². The quantitative estimate of drug-likeness (QED) is 0.371. The molecule has 1 aliphatic heterocycles. The lowest BCUT2D eigenvalue weighted by Gasteiger charge is -2.17. The average Bonchev–Trinajstić information content (AvgIpc) is 3.00. The predicted molar refractivity (Wildman–Crippen MR) is 124 cm³/mol. The van der Waals surface area contributed by atoms with Crippen molar-refractivity contribution in [2.45, 2.75) is 0 Å². The minimum Gasteiger partial charge on any atom is -0.493 e. The Balaban J connectivity index is 1.75. The minimum absolute atomic E-state index is 0.165. The zero-order chi connectivity index (χ0) is 20.5. The zero-order valence-electron chi connectivity index (χ0n) is 15.6. The summed E-state index contributed by atoms with van der Waals surface area (Å²) in [5, 5.41) is 2.43. The Morgan fingerprint density at radius 3 is 2.59 bits per heavy atom. The standard InChI is InChI=1S/C22H16ClNO3S2/c1-26-18-11-13(10-16(23)20(18)27-2)12-19-21(25)24(22(28)29-19)17-9-5-7-14-6-3-4-8-15(14)17/h3-12H,1-2H3/b19-12+. The van der Waals surface area contributed by atoms with Crippen molar-refractivity contribution in [1.82, 2.24) is 0 Å². The molecule has 1 fully saturated rings. The fourth-order valence-corrected chi connectivity index (χ4v) is 4.83. The Hall–Kier alpha value is -2.54. The van der Waals surface area contributed by atoms with Crippen molar-refractivity contribution in [3.63, 3.8) is 0 Å². The molecule has 3 aromatic rings. The molecular weight excluding hydrogens is 426 g/mol. The number of benzene rings is 3. The smallest absolute Gasteiger partial charge is 0.270 e. The largest absolute Gasteiger partial charge is 0.493 e. The van der Waals surface area contributed by atoms with Crippen LogP contribution in [-0.4, -0.2) is 24.4 Å². The summed E-state index contributed by atoms with van der Waals surface area (Å²) in [5.41, 5.74) is 1.51. The Kier molecular flexibility index (Phi) is 5.50. The van der Waals surface area contributed by atoms with Gasteiger partial charge in [0.1, 0.15) is 0 Å². The van der Waals surface area contributed by atoms with Gasteiger partial charge in [-0.15, -0.1) is 0 Å². The highest BCUT2D eigenvalue weighted by atomic mass is 35.5. The number of halogens is 1. The van der Waals surface area contributed by atoms with Crippen molar-refractivity contribution in [2.75, 3.05) is 19.1 Å². The van der Waals surface area contributed by atoms with Crippen LogP contribution in [0.2, 0.25) is 5.02 Å². The molecule has 0 bridgehead atoms. The number of ether oxygens (including phenoxy) is 2. The van der Waals surface area contributed by atoms with E-state index < -0.39 is 0 Å². The van der Waals surface area contributed by atoms with Crippen molar-refractivity contribution < 1.29 is 14.3 Å². The van der Waals surface area contributed by atoms with Crippen LogP contribution in [0.3, 0.4) is 0 Å². The third-order valence-corrected chi connectivity index (χ3v) is 6.14. The number of fused-ring (bicyclic) bond motifs is 1. The first-order chi connectivity index (χ1) is 14.0. The lowest BCUT2D eigenvalue weighted by Crippen LogP contribution is -2.27. The first-order valence-corrected chi connectivity index (χ1v) is 10.3. The highest BCUT2D eigenvalue weighted by Gasteiger charge is 2.34. The number of thiocarbonyl (C=S) groups is 1. The molecule has 4 rings (SSSR count). The molecule has 0 aromatic heterocycles. The van der Waals surface area contributed by atoms with Crippen molar-refractivity contribution in [1.29, 1.82) is 0 Å². The molecule has 0 atom stereocenters. The van der Waals surface area contributed by atoms with E-state index >= 15 is 0 Å². The number of nitrogens with zero attached hydrogens (tertiary/aromatic N) is 1. The van der Waals surface area contributed by atoms with Crippen LogP contribution in [-0.2, 0) is 4.79 Å². The summed E-state index contributed by atoms with van der Waals surface area (Å²) in [5.74, 6) is 0.785. The van der Waals surface area contributed by atoms with E-state index in [-0.39, 0.29) is 5.91 Å². The van der Waals surface area contributed by atoms with E-state index in [1.807, 2.05) is 42.5 Å². The number of rotatable bonds is 4. The fourth-order valence-electron chi connectivity index (χ4n) is 3.25. The Morgan fingerprint density at radius 2 is 1.83 bits per heavy atom. The molecule has 1 saturated heterocycles. The molecule has 3 aromatic carbocycles. The highest BCUT2D eigenvalue weighted by Crippen LogP contribution is 2.41. The summed E-state index contributed by atoms with van der Waals surface area (Å²) in [6.45, 7) is 0. The Bertz CT molecular complexity index is 1170. The monoisotopic (exact) mass is 441 g/mol. The van der Waals surface area contributed by atoms with Gasteiger partial charge in [0.05, 0.1) is 29.8 Å². The Labute approximate surface area is 183 Å². The lowest BCUT2D eigenvalue weighted by atomic mass is 10.1. The molecule has 7 heteroatoms. The Morgan fingerprint density at radius 1 is 1.07 bits per heavy atom. The molecule has 0 aliphatic carbocycles. The number of thioether (sulfide) groups is 1. The summed E-state index contributed by atoms with van der Waals surface area (Å²) in [7, 11) is 3.07. The highest BCUT2D eigenvalue weighted by molar-refractivity contribution is 8.27. The van der Waals surface area contributed by atoms with Gasteiger partial charge in [-0.3, -0.25) is 9.69 Å². The van der Waals surface area contributed by atoms with Crippen LogP contribution in [0.1, 0.15) is 5.56 Å². The van der Waals surface area contributed by atoms with Crippen molar-refractivity contribution in [3.05, 3.63) is 70.1 Å². The van der Waals surface area contributed by atoms with E-state index in [1.54, 1.807) is 23.1 Å². The van der Waals surface area contributed by atoms with E-state index in [4.69, 9.17) is 33.3 Å². The van der Waals surface area contributed by atoms with Gasteiger partial charge in [0.2, 0.25) is 0 Å². The molecule has 4 nitrogen and oxygen atoms in total. The average molecular weight is 442 g/mol. The summed E-state index contributed by atoms with van der Waals surface area (Å²) in [4.78, 5) is 15.3. The van der Waals surface area contributed by atoms with Gasteiger partial charge in [0.25, 0.3) is 5.91 Å². The van der Waals surface area contributed by atoms with Crippen LogP contribution in [0.25, 0.3) is 16.8 Å². The summed E-state index contributed by atoms with van der Waals surface area (Å²) in [6, 6.07) is 17.3. The van der Waals surface area contributed by atoms with Gasteiger partial charge in [0.15, 0.2) is 15.8 Å². The molecule has 1 aliphatic rings. The van der Waals surface area contributed by atoms with E-state index in [9.17, 15) is 4.79 Å². The van der Waals surface area contributed by atoms with Gasteiger partial charge in [0, 0.05) is 5.39 Å². The first-order valence-electron chi connectivity index (χ1n) is 8.70. The molecule has 0 saturated carbocycles. The van der Waals surface area contributed by atoms with Crippen LogP contribution in [0.5, 0.6) is 11.5 Å². The third-order valence-electron chi connectivity index (χ3n) is 4.55. The normalized spacial score (nSPS) is 15.4. The minimum atomic E-state index is -0.165. The molecule has 29 heavy (non-hydrogen) atoms. The van der Waals surface area contributed by atoms with Gasteiger partial charge in [-0.2, -0.15) is 0 Å². The molecular formula is C22H16ClNO3S2. The number of methoxy groups -OCH3 is 2. The van der Waals surface area contributed by atoms with Crippen molar-refractivity contribution in [3.8, 4) is 11.5 Å². The summed E-state index contributed by atoms with van der Waals surface area (Å²) >= 11 is 13.1. The van der Waals surface area contributed by atoms with Crippen LogP contribution < -0.4 is 14.4 Å². The summed E-state index contributed by atoms with van der Waals surface area (Å²) in [6.07, 6.45) is 1.76. The number of carbonyl (C=O) groups is 1. The molecule has 0 radical (unpaired) electrons. The number of anilines is 1. The maximum absolute atomic E-state index is 13.2. The maximum Gasteiger partial charge on any atom is 0.270 e. The van der Waals surface area contributed by atoms with Crippen LogP contribution in [0, 0.1) is 0 Å². The topological polar surface area (TPSA) is 38.8 Å². The predicted octanol–water partition coefficient (Wildman–Crippen LogP) is 5.92. The molecule has 146 valence electrons. The zero-order valence-corrected chi connectivity index (χ0v) is 18.0. The molecule has 0 spiro atoms. The molecule has 0 unspecified atom stereocenters. The molecule has 1 amide bonds. The molecule has 1 heterocycles. The number of hydrogen-bond acceptors (Lipinski definition) is 5. The van der Waals surface area contributed by atoms with E-state index in [1.165, 1.54) is 26.0 Å². The second-order valence-corrected chi connectivity index (χ2v) is 8.34. The second-order valence-electron chi connectivity index (χ2n) is 6.25. The van der Waals surface area contributed by atoms with Gasteiger partial charge in [-0.25, -0.2) is 0 Å². The third kappa shape index (κ3) is 3.59. The van der Waals surface area contributed by atoms with Gasteiger partial charge in [-0.1, -0.05) is 72.0 Å². The molecule has 0 N–H and O–H groups in total. The van der Waals surface area contributed by atoms with Crippen LogP contribution in [0.15, 0.2) is 59.5 Å². The van der Waals surface area contributed by atoms with E-state index in [0.717, 1.165) is 22.0 Å². The first kappa shape index (κ1) is 19.8. The summed E-state index contributed by atoms with van der Waals surface area (Å²) < 4.78 is 11.1. The van der Waals surface area contributed by atoms with Crippen molar-refractivity contribution >= 4 is 68.3 Å². The van der Waals surface area contributed by atoms with Crippen LogP contribution in [0.4, 0.5) is 5.69 Å². The lowest BCUT2D eigenvalue weighted by molar-refractivity contribution is -0.113. The van der Waals surface area contributed by atoms with Gasteiger partial charge in [-0.05, 0) is 35.2 Å². The SMILES string of the molecule is COc1cc(/C=C2/SC(=S)N(c3cccc4ccccc34)C2=O)cc(Cl)c1OC. The second kappa shape index (κ2) is 8.06. The number of amides is 1. The fraction of sp³-hybridized carbons (Fsp3) is 0.0909. The van der Waals surface area contributed by atoms with Gasteiger partial charge >= 0.3 is 0 Å². The number of carbonyl (C=O) groups excluding carboxylic acids is 1.